The molecule has 1 aromatic carbocycles. The molecule has 0 amide bonds. The number of piperidine rings is 1. The van der Waals surface area contributed by atoms with E-state index in [9.17, 15) is 21.6 Å². The number of benzene rings is 1. The SMILES string of the molecule is CCS(=O)(=O)NC1CC2(CCN(CC3CCOC3)CC2)c2ccccc21.O=C(O)C(F)(F)F. The van der Waals surface area contributed by atoms with Crippen LogP contribution in [0.25, 0.3) is 0 Å². The molecule has 3 aliphatic rings. The summed E-state index contributed by atoms with van der Waals surface area (Å²) in [6, 6.07) is 8.37. The van der Waals surface area contributed by atoms with Gasteiger partial charge in [0.1, 0.15) is 0 Å². The molecule has 2 N–H and O–H groups in total. The van der Waals surface area contributed by atoms with Gasteiger partial charge in [-0.3, -0.25) is 0 Å². The molecule has 33 heavy (non-hydrogen) atoms. The van der Waals surface area contributed by atoms with Gasteiger partial charge in [-0.2, -0.15) is 13.2 Å². The Morgan fingerprint density at radius 3 is 2.45 bits per heavy atom. The lowest BCUT2D eigenvalue weighted by molar-refractivity contribution is -0.192. The zero-order valence-electron chi connectivity index (χ0n) is 18.6. The van der Waals surface area contributed by atoms with Crippen LogP contribution in [0.1, 0.15) is 49.8 Å². The summed E-state index contributed by atoms with van der Waals surface area (Å²) in [5.41, 5.74) is 2.68. The molecule has 1 aromatic rings. The van der Waals surface area contributed by atoms with E-state index < -0.39 is 22.2 Å². The van der Waals surface area contributed by atoms with Gasteiger partial charge in [0.25, 0.3) is 0 Å². The average Bonchev–Trinajstić information content (AvgIpc) is 3.37. The predicted molar refractivity (Wildman–Crippen MR) is 116 cm³/mol. The van der Waals surface area contributed by atoms with Crippen molar-refractivity contribution in [3.63, 3.8) is 0 Å². The zero-order chi connectivity index (χ0) is 24.3. The van der Waals surface area contributed by atoms with Crippen LogP contribution >= 0.6 is 0 Å². The number of carboxylic acid groups (broad SMARTS) is 1. The van der Waals surface area contributed by atoms with Gasteiger partial charge in [-0.15, -0.1) is 0 Å². The van der Waals surface area contributed by atoms with Crippen molar-refractivity contribution in [1.29, 1.82) is 0 Å². The number of alkyl halides is 3. The molecule has 4 rings (SSSR count). The van der Waals surface area contributed by atoms with E-state index in [1.807, 2.05) is 6.07 Å². The topological polar surface area (TPSA) is 95.9 Å². The Bertz CT molecular complexity index is 924. The van der Waals surface area contributed by atoms with E-state index in [0.29, 0.717) is 5.92 Å². The summed E-state index contributed by atoms with van der Waals surface area (Å²) in [5.74, 6) is -1.94. The molecular weight excluding hydrogens is 461 g/mol. The highest BCUT2D eigenvalue weighted by Gasteiger charge is 2.46. The molecule has 2 unspecified atom stereocenters. The average molecular weight is 493 g/mol. The second kappa shape index (κ2) is 10.3. The van der Waals surface area contributed by atoms with Crippen molar-refractivity contribution in [3.05, 3.63) is 35.4 Å². The molecule has 2 heterocycles. The molecule has 1 aliphatic carbocycles. The second-order valence-corrected chi connectivity index (χ2v) is 11.0. The number of ether oxygens (including phenoxy) is 1. The van der Waals surface area contributed by atoms with Gasteiger partial charge in [0.2, 0.25) is 10.0 Å². The Morgan fingerprint density at radius 1 is 1.27 bits per heavy atom. The highest BCUT2D eigenvalue weighted by molar-refractivity contribution is 7.89. The van der Waals surface area contributed by atoms with Crippen molar-refractivity contribution in [2.24, 2.45) is 5.92 Å². The van der Waals surface area contributed by atoms with Crippen LogP contribution in [0.5, 0.6) is 0 Å². The van der Waals surface area contributed by atoms with E-state index in [1.54, 1.807) is 6.92 Å². The number of nitrogens with zero attached hydrogens (tertiary/aromatic N) is 1. The number of likely N-dealkylation sites (tertiary alicyclic amines) is 1. The van der Waals surface area contributed by atoms with Gasteiger partial charge in [0, 0.05) is 19.2 Å². The molecule has 2 aliphatic heterocycles. The van der Waals surface area contributed by atoms with Gasteiger partial charge in [-0.1, -0.05) is 24.3 Å². The molecule has 186 valence electrons. The van der Waals surface area contributed by atoms with E-state index in [1.165, 1.54) is 17.5 Å². The number of hydrogen-bond donors (Lipinski definition) is 2. The largest absolute Gasteiger partial charge is 0.490 e. The van der Waals surface area contributed by atoms with Crippen LogP contribution in [-0.4, -0.2) is 69.2 Å². The van der Waals surface area contributed by atoms with Gasteiger partial charge < -0.3 is 14.7 Å². The lowest BCUT2D eigenvalue weighted by Gasteiger charge is -2.41. The monoisotopic (exact) mass is 492 g/mol. The maximum absolute atomic E-state index is 12.2. The zero-order valence-corrected chi connectivity index (χ0v) is 19.4. The fraction of sp³-hybridized carbons (Fsp3) is 0.682. The normalized spacial score (nSPS) is 24.8. The van der Waals surface area contributed by atoms with Crippen LogP contribution < -0.4 is 4.72 Å². The Balaban J connectivity index is 0.000000383. The van der Waals surface area contributed by atoms with Crippen molar-refractivity contribution in [2.45, 2.75) is 50.2 Å². The van der Waals surface area contributed by atoms with Crippen molar-refractivity contribution in [1.82, 2.24) is 9.62 Å². The van der Waals surface area contributed by atoms with E-state index in [-0.39, 0.29) is 17.2 Å². The minimum absolute atomic E-state index is 0.0778. The molecule has 2 saturated heterocycles. The van der Waals surface area contributed by atoms with Crippen molar-refractivity contribution in [3.8, 4) is 0 Å². The molecule has 0 bridgehead atoms. The van der Waals surface area contributed by atoms with E-state index in [0.717, 1.165) is 52.1 Å². The highest BCUT2D eigenvalue weighted by Crippen LogP contribution is 2.51. The van der Waals surface area contributed by atoms with Gasteiger partial charge in [0.05, 0.1) is 12.4 Å². The predicted octanol–water partition coefficient (Wildman–Crippen LogP) is 3.07. The van der Waals surface area contributed by atoms with Crippen molar-refractivity contribution >= 4 is 16.0 Å². The molecule has 1 spiro atoms. The fourth-order valence-electron chi connectivity index (χ4n) is 5.03. The Kier molecular flexibility index (Phi) is 8.08. The summed E-state index contributed by atoms with van der Waals surface area (Å²) in [6.07, 6.45) is -0.777. The lowest BCUT2D eigenvalue weighted by atomic mass is 9.73. The second-order valence-electron chi connectivity index (χ2n) is 8.98. The van der Waals surface area contributed by atoms with Crippen LogP contribution in [0.4, 0.5) is 13.2 Å². The highest BCUT2D eigenvalue weighted by atomic mass is 32.2. The molecule has 2 fully saturated rings. The number of halogens is 3. The quantitative estimate of drug-likeness (QED) is 0.656. The number of sulfonamides is 1. The molecule has 0 aromatic heterocycles. The van der Waals surface area contributed by atoms with Gasteiger partial charge in [-0.25, -0.2) is 17.9 Å². The Hall–Kier alpha value is -1.69. The van der Waals surface area contributed by atoms with Crippen LogP contribution in [0, 0.1) is 5.92 Å². The Morgan fingerprint density at radius 2 is 1.91 bits per heavy atom. The van der Waals surface area contributed by atoms with Gasteiger partial charge in [-0.05, 0) is 68.2 Å². The third-order valence-electron chi connectivity index (χ3n) is 6.80. The summed E-state index contributed by atoms with van der Waals surface area (Å²) < 4.78 is 64.5. The first-order chi connectivity index (χ1) is 15.5. The lowest BCUT2D eigenvalue weighted by Crippen LogP contribution is -2.44. The maximum Gasteiger partial charge on any atom is 0.490 e. The summed E-state index contributed by atoms with van der Waals surface area (Å²) in [6.45, 7) is 6.85. The first-order valence-electron chi connectivity index (χ1n) is 11.2. The third kappa shape index (κ3) is 6.46. The van der Waals surface area contributed by atoms with E-state index in [4.69, 9.17) is 14.6 Å². The minimum atomic E-state index is -5.08. The first kappa shape index (κ1) is 25.9. The fourth-order valence-corrected chi connectivity index (χ4v) is 5.84. The van der Waals surface area contributed by atoms with E-state index in [2.05, 4.69) is 27.8 Å². The van der Waals surface area contributed by atoms with Crippen LogP contribution in [0.2, 0.25) is 0 Å². The number of carbonyl (C=O) groups is 1. The Labute approximate surface area is 192 Å². The molecule has 0 radical (unpaired) electrons. The number of hydrogen-bond acceptors (Lipinski definition) is 5. The van der Waals surface area contributed by atoms with Crippen LogP contribution in [0.3, 0.4) is 0 Å². The van der Waals surface area contributed by atoms with Crippen LogP contribution in [0.15, 0.2) is 24.3 Å². The molecule has 2 atom stereocenters. The maximum atomic E-state index is 12.2. The number of aliphatic carboxylic acids is 1. The summed E-state index contributed by atoms with van der Waals surface area (Å²) in [7, 11) is -3.20. The number of nitrogens with one attached hydrogen (secondary N) is 1. The standard InChI is InChI=1S/C20H30N2O3S.C2HF3O2/c1-2-26(23,24)21-19-13-20(18-6-4-3-5-17(18)19)8-10-22(11-9-20)14-16-7-12-25-15-16;3-2(4,5)1(6)7/h3-6,16,19,21H,2,7-15H2,1H3;(H,6,7). The summed E-state index contributed by atoms with van der Waals surface area (Å²) in [5, 5.41) is 7.12. The molecular formula is C22H31F3N2O5S. The number of carboxylic acids is 1. The minimum Gasteiger partial charge on any atom is -0.475 e. The van der Waals surface area contributed by atoms with Crippen molar-refractivity contribution in [2.75, 3.05) is 38.6 Å². The van der Waals surface area contributed by atoms with Gasteiger partial charge >= 0.3 is 12.1 Å². The number of rotatable bonds is 5. The summed E-state index contributed by atoms with van der Waals surface area (Å²) >= 11 is 0. The number of fused-ring (bicyclic) bond motifs is 2. The van der Waals surface area contributed by atoms with Gasteiger partial charge in [0.15, 0.2) is 0 Å². The molecule has 0 saturated carbocycles. The third-order valence-corrected chi connectivity index (χ3v) is 8.20. The summed E-state index contributed by atoms with van der Waals surface area (Å²) in [4.78, 5) is 11.5. The van der Waals surface area contributed by atoms with Crippen LogP contribution in [-0.2, 0) is 25.0 Å². The van der Waals surface area contributed by atoms with E-state index >= 15 is 0 Å². The smallest absolute Gasteiger partial charge is 0.475 e. The van der Waals surface area contributed by atoms with Crippen molar-refractivity contribution < 1.29 is 36.2 Å². The molecule has 11 heteroatoms. The molecule has 7 nitrogen and oxygen atoms in total. The first-order valence-corrected chi connectivity index (χ1v) is 12.8.